The maximum atomic E-state index is 5.61. The Morgan fingerprint density at radius 1 is 1.19 bits per heavy atom. The van der Waals surface area contributed by atoms with Gasteiger partial charge in [0.1, 0.15) is 6.10 Å². The molecule has 0 bridgehead atoms. The topological polar surface area (TPSA) is 36.9 Å². The molecule has 1 fully saturated rings. The fourth-order valence-corrected chi connectivity index (χ4v) is 1.53. The molecule has 1 saturated heterocycles. The molecule has 0 spiro atoms. The first-order valence-corrected chi connectivity index (χ1v) is 6.11. The van der Waals surface area contributed by atoms with Crippen LogP contribution in [0.5, 0.6) is 0 Å². The highest BCUT2D eigenvalue weighted by Crippen LogP contribution is 2.22. The SMILES string of the molecule is CCCCOCCOCC1COC(C)(C)O1. The second kappa shape index (κ2) is 7.22. The molecule has 4 heteroatoms. The average Bonchev–Trinajstić information content (AvgIpc) is 2.57. The number of rotatable bonds is 8. The van der Waals surface area contributed by atoms with E-state index >= 15 is 0 Å². The minimum atomic E-state index is -0.453. The van der Waals surface area contributed by atoms with Crippen molar-refractivity contribution in [2.75, 3.05) is 33.0 Å². The zero-order valence-electron chi connectivity index (χ0n) is 10.7. The predicted octanol–water partition coefficient (Wildman–Crippen LogP) is 1.97. The molecule has 96 valence electrons. The van der Waals surface area contributed by atoms with Crippen LogP contribution in [0.4, 0.5) is 0 Å². The number of hydrogen-bond acceptors (Lipinski definition) is 4. The van der Waals surface area contributed by atoms with Gasteiger partial charge >= 0.3 is 0 Å². The first-order chi connectivity index (χ1) is 7.64. The van der Waals surface area contributed by atoms with Crippen LogP contribution < -0.4 is 0 Å². The lowest BCUT2D eigenvalue weighted by Gasteiger charge is -2.17. The average molecular weight is 232 g/mol. The first-order valence-electron chi connectivity index (χ1n) is 6.11. The lowest BCUT2D eigenvalue weighted by molar-refractivity contribution is -0.145. The smallest absolute Gasteiger partial charge is 0.163 e. The maximum absolute atomic E-state index is 5.61. The number of ether oxygens (including phenoxy) is 4. The van der Waals surface area contributed by atoms with Crippen molar-refractivity contribution in [2.24, 2.45) is 0 Å². The van der Waals surface area contributed by atoms with E-state index < -0.39 is 5.79 Å². The fourth-order valence-electron chi connectivity index (χ4n) is 1.53. The highest BCUT2D eigenvalue weighted by molar-refractivity contribution is 4.70. The number of hydrogen-bond donors (Lipinski definition) is 0. The molecule has 0 N–H and O–H groups in total. The summed E-state index contributed by atoms with van der Waals surface area (Å²) in [7, 11) is 0. The summed E-state index contributed by atoms with van der Waals surface area (Å²) in [5, 5.41) is 0. The van der Waals surface area contributed by atoms with E-state index in [1.54, 1.807) is 0 Å². The van der Waals surface area contributed by atoms with Crippen LogP contribution >= 0.6 is 0 Å². The van der Waals surface area contributed by atoms with E-state index in [1.807, 2.05) is 13.8 Å². The van der Waals surface area contributed by atoms with Gasteiger partial charge in [0.15, 0.2) is 5.79 Å². The lowest BCUT2D eigenvalue weighted by atomic mass is 10.4. The van der Waals surface area contributed by atoms with Crippen LogP contribution in [-0.2, 0) is 18.9 Å². The zero-order chi connectivity index (χ0) is 11.9. The van der Waals surface area contributed by atoms with Gasteiger partial charge in [-0.25, -0.2) is 0 Å². The van der Waals surface area contributed by atoms with Gasteiger partial charge in [-0.15, -0.1) is 0 Å². The molecule has 16 heavy (non-hydrogen) atoms. The fraction of sp³-hybridized carbons (Fsp3) is 1.00. The minimum Gasteiger partial charge on any atom is -0.379 e. The third-order valence-electron chi connectivity index (χ3n) is 2.39. The van der Waals surface area contributed by atoms with Crippen LogP contribution in [0.25, 0.3) is 0 Å². The van der Waals surface area contributed by atoms with Gasteiger partial charge in [-0.3, -0.25) is 0 Å². The molecule has 1 aliphatic heterocycles. The highest BCUT2D eigenvalue weighted by Gasteiger charge is 2.32. The Balaban J connectivity index is 1.88. The van der Waals surface area contributed by atoms with Crippen molar-refractivity contribution < 1.29 is 18.9 Å². The van der Waals surface area contributed by atoms with Crippen LogP contribution in [0.15, 0.2) is 0 Å². The van der Waals surface area contributed by atoms with Crippen molar-refractivity contribution in [3.8, 4) is 0 Å². The zero-order valence-corrected chi connectivity index (χ0v) is 10.7. The normalized spacial score (nSPS) is 23.8. The first kappa shape index (κ1) is 13.9. The van der Waals surface area contributed by atoms with E-state index in [-0.39, 0.29) is 6.10 Å². The van der Waals surface area contributed by atoms with Crippen molar-refractivity contribution in [1.29, 1.82) is 0 Å². The van der Waals surface area contributed by atoms with Gasteiger partial charge in [0, 0.05) is 6.61 Å². The Morgan fingerprint density at radius 3 is 2.56 bits per heavy atom. The summed E-state index contributed by atoms with van der Waals surface area (Å²) in [4.78, 5) is 0. The van der Waals surface area contributed by atoms with Gasteiger partial charge in [-0.2, -0.15) is 0 Å². The third kappa shape index (κ3) is 5.80. The van der Waals surface area contributed by atoms with Gasteiger partial charge in [0.2, 0.25) is 0 Å². The summed E-state index contributed by atoms with van der Waals surface area (Å²) >= 11 is 0. The van der Waals surface area contributed by atoms with Crippen LogP contribution in [0.2, 0.25) is 0 Å². The molecule has 0 radical (unpaired) electrons. The molecule has 0 amide bonds. The molecule has 1 rings (SSSR count). The van der Waals surface area contributed by atoms with Crippen LogP contribution in [0.1, 0.15) is 33.6 Å². The van der Waals surface area contributed by atoms with Crippen molar-refractivity contribution >= 4 is 0 Å². The quantitative estimate of drug-likeness (QED) is 0.600. The lowest BCUT2D eigenvalue weighted by Crippen LogP contribution is -2.24. The summed E-state index contributed by atoms with van der Waals surface area (Å²) in [6.45, 7) is 9.31. The standard InChI is InChI=1S/C12H24O4/c1-4-5-6-13-7-8-14-9-11-10-15-12(2,3)16-11/h11H,4-10H2,1-3H3. The molecular formula is C12H24O4. The molecule has 1 unspecified atom stereocenters. The van der Waals surface area contributed by atoms with Crippen LogP contribution in [0.3, 0.4) is 0 Å². The summed E-state index contributed by atoms with van der Waals surface area (Å²) in [5.74, 6) is -0.453. The van der Waals surface area contributed by atoms with Crippen molar-refractivity contribution in [1.82, 2.24) is 0 Å². The minimum absolute atomic E-state index is 0.0608. The van der Waals surface area contributed by atoms with Gasteiger partial charge in [-0.05, 0) is 20.3 Å². The monoisotopic (exact) mass is 232 g/mol. The van der Waals surface area contributed by atoms with Gasteiger partial charge in [0.05, 0.1) is 26.4 Å². The molecule has 1 aliphatic rings. The van der Waals surface area contributed by atoms with E-state index in [2.05, 4.69) is 6.92 Å². The molecule has 4 nitrogen and oxygen atoms in total. The van der Waals surface area contributed by atoms with Crippen molar-refractivity contribution in [2.45, 2.75) is 45.5 Å². The summed E-state index contributed by atoms with van der Waals surface area (Å²) < 4.78 is 21.9. The van der Waals surface area contributed by atoms with Crippen LogP contribution in [0, 0.1) is 0 Å². The van der Waals surface area contributed by atoms with Crippen molar-refractivity contribution in [3.05, 3.63) is 0 Å². The highest BCUT2D eigenvalue weighted by atomic mass is 16.7. The maximum Gasteiger partial charge on any atom is 0.163 e. The Labute approximate surface area is 98.2 Å². The van der Waals surface area contributed by atoms with Gasteiger partial charge in [-0.1, -0.05) is 13.3 Å². The van der Waals surface area contributed by atoms with Gasteiger partial charge in [0.25, 0.3) is 0 Å². The van der Waals surface area contributed by atoms with E-state index in [0.29, 0.717) is 26.4 Å². The Morgan fingerprint density at radius 2 is 1.94 bits per heavy atom. The second-order valence-electron chi connectivity index (χ2n) is 4.49. The molecule has 0 aromatic heterocycles. The van der Waals surface area contributed by atoms with Gasteiger partial charge < -0.3 is 18.9 Å². The Hall–Kier alpha value is -0.160. The second-order valence-corrected chi connectivity index (χ2v) is 4.49. The molecular weight excluding hydrogens is 208 g/mol. The van der Waals surface area contributed by atoms with Crippen LogP contribution in [-0.4, -0.2) is 44.9 Å². The van der Waals surface area contributed by atoms with E-state index in [1.165, 1.54) is 6.42 Å². The summed E-state index contributed by atoms with van der Waals surface area (Å²) in [6.07, 6.45) is 2.35. The molecule has 0 aromatic carbocycles. The van der Waals surface area contributed by atoms with E-state index in [9.17, 15) is 0 Å². The molecule has 1 heterocycles. The van der Waals surface area contributed by atoms with Crippen molar-refractivity contribution in [3.63, 3.8) is 0 Å². The van der Waals surface area contributed by atoms with E-state index in [4.69, 9.17) is 18.9 Å². The predicted molar refractivity (Wildman–Crippen MR) is 61.5 cm³/mol. The number of unbranched alkanes of at least 4 members (excludes halogenated alkanes) is 1. The Bertz CT molecular complexity index is 182. The molecule has 0 aromatic rings. The Kier molecular flexibility index (Phi) is 6.28. The molecule has 0 saturated carbocycles. The third-order valence-corrected chi connectivity index (χ3v) is 2.39. The molecule has 0 aliphatic carbocycles. The largest absolute Gasteiger partial charge is 0.379 e. The summed E-state index contributed by atoms with van der Waals surface area (Å²) in [6, 6.07) is 0. The molecule has 1 atom stereocenters. The van der Waals surface area contributed by atoms with E-state index in [0.717, 1.165) is 13.0 Å². The summed E-state index contributed by atoms with van der Waals surface area (Å²) in [5.41, 5.74) is 0.